The lowest BCUT2D eigenvalue weighted by Gasteiger charge is -2.31. The first-order valence-corrected chi connectivity index (χ1v) is 12.7. The molecule has 7 rings (SSSR count). The van der Waals surface area contributed by atoms with E-state index in [-0.39, 0.29) is 5.41 Å². The third-order valence-electron chi connectivity index (χ3n) is 8.15. The van der Waals surface area contributed by atoms with Crippen molar-refractivity contribution < 1.29 is 0 Å². The molecule has 32 heavy (non-hydrogen) atoms. The van der Waals surface area contributed by atoms with Crippen LogP contribution in [0.3, 0.4) is 0 Å². The van der Waals surface area contributed by atoms with Crippen molar-refractivity contribution in [1.29, 1.82) is 0 Å². The predicted molar refractivity (Wildman–Crippen MR) is 136 cm³/mol. The maximum absolute atomic E-state index is 3.80. The number of halogens is 1. The summed E-state index contributed by atoms with van der Waals surface area (Å²) in [6.07, 6.45) is 6.79. The van der Waals surface area contributed by atoms with Crippen LogP contribution in [0.1, 0.15) is 65.8 Å². The van der Waals surface area contributed by atoms with E-state index in [9.17, 15) is 0 Å². The van der Waals surface area contributed by atoms with Crippen LogP contribution in [-0.2, 0) is 5.41 Å². The molecule has 156 valence electrons. The topological polar surface area (TPSA) is 0 Å². The van der Waals surface area contributed by atoms with Crippen LogP contribution in [0.4, 0.5) is 0 Å². The summed E-state index contributed by atoms with van der Waals surface area (Å²) < 4.78 is 1.15. The molecule has 4 aromatic carbocycles. The van der Waals surface area contributed by atoms with Gasteiger partial charge in [-0.15, -0.1) is 0 Å². The van der Waals surface area contributed by atoms with Gasteiger partial charge in [-0.3, -0.25) is 0 Å². The number of fused-ring (bicyclic) bond motifs is 10. The third-order valence-corrected chi connectivity index (χ3v) is 8.65. The zero-order valence-corrected chi connectivity index (χ0v) is 19.7. The van der Waals surface area contributed by atoms with Crippen LogP contribution in [0.25, 0.3) is 22.3 Å². The number of hydrogen-bond acceptors (Lipinski definition) is 0. The van der Waals surface area contributed by atoms with Gasteiger partial charge in [0.25, 0.3) is 0 Å². The quantitative estimate of drug-likeness (QED) is 0.222. The van der Waals surface area contributed by atoms with E-state index in [0.29, 0.717) is 5.92 Å². The normalized spacial score (nSPS) is 17.7. The van der Waals surface area contributed by atoms with Crippen LogP contribution in [0.2, 0.25) is 0 Å². The van der Waals surface area contributed by atoms with Gasteiger partial charge in [0.2, 0.25) is 0 Å². The second-order valence-corrected chi connectivity index (χ2v) is 10.6. The molecule has 0 amide bonds. The first-order chi connectivity index (χ1) is 15.8. The molecule has 3 aliphatic carbocycles. The number of hydrogen-bond donors (Lipinski definition) is 0. The molecule has 0 aliphatic heterocycles. The standard InChI is InChI=1S/C31H25Br/c32-22-15-17-26-25-16-14-21(20-8-2-1-3-9-20)18-29(25)31(30(26)19-22)27-12-6-4-10-23(27)24-11-5-7-13-28(24)31/h4-7,10-20H,1-3,8-9H2. The Bertz CT molecular complexity index is 1330. The monoisotopic (exact) mass is 476 g/mol. The minimum absolute atomic E-state index is 0.230. The Kier molecular flexibility index (Phi) is 4.09. The molecule has 1 fully saturated rings. The summed E-state index contributed by atoms with van der Waals surface area (Å²) in [5.41, 5.74) is 12.6. The summed E-state index contributed by atoms with van der Waals surface area (Å²) in [5, 5.41) is 0. The van der Waals surface area contributed by atoms with E-state index in [1.807, 2.05) is 0 Å². The minimum atomic E-state index is -0.230. The highest BCUT2D eigenvalue weighted by atomic mass is 79.9. The fraction of sp³-hybridized carbons (Fsp3) is 0.226. The second kappa shape index (κ2) is 6.93. The van der Waals surface area contributed by atoms with Gasteiger partial charge in [-0.2, -0.15) is 0 Å². The second-order valence-electron chi connectivity index (χ2n) is 9.67. The molecule has 0 saturated heterocycles. The summed E-state index contributed by atoms with van der Waals surface area (Å²) in [7, 11) is 0. The predicted octanol–water partition coefficient (Wildman–Crippen LogP) is 8.84. The SMILES string of the molecule is Brc1ccc2c(c1)C1(c3ccccc3-c3ccccc31)c1cc(C3CCCCC3)ccc1-2. The summed E-state index contributed by atoms with van der Waals surface area (Å²) in [5.74, 6) is 0.702. The molecular weight excluding hydrogens is 452 g/mol. The maximum Gasteiger partial charge on any atom is 0.0726 e. The molecule has 0 nitrogen and oxygen atoms in total. The van der Waals surface area contributed by atoms with Crippen molar-refractivity contribution in [3.05, 3.63) is 117 Å². The smallest absolute Gasteiger partial charge is 0.0619 e. The van der Waals surface area contributed by atoms with Crippen molar-refractivity contribution in [3.8, 4) is 22.3 Å². The van der Waals surface area contributed by atoms with Gasteiger partial charge in [0.05, 0.1) is 5.41 Å². The first-order valence-electron chi connectivity index (χ1n) is 11.9. The number of rotatable bonds is 1. The zero-order chi connectivity index (χ0) is 21.3. The Morgan fingerprint density at radius 3 is 1.81 bits per heavy atom. The first kappa shape index (κ1) is 18.9. The van der Waals surface area contributed by atoms with Gasteiger partial charge in [0.15, 0.2) is 0 Å². The van der Waals surface area contributed by atoms with E-state index in [0.717, 1.165) is 4.47 Å². The largest absolute Gasteiger partial charge is 0.0726 e. The fourth-order valence-electron chi connectivity index (χ4n) is 6.82. The van der Waals surface area contributed by atoms with Crippen LogP contribution in [0.15, 0.2) is 89.4 Å². The molecule has 0 unspecified atom stereocenters. The average Bonchev–Trinajstić information content (AvgIpc) is 3.31. The molecule has 1 saturated carbocycles. The molecule has 0 N–H and O–H groups in total. The molecule has 1 spiro atoms. The van der Waals surface area contributed by atoms with Crippen molar-refractivity contribution in [2.45, 2.75) is 43.4 Å². The average molecular weight is 477 g/mol. The number of benzene rings is 4. The highest BCUT2D eigenvalue weighted by Crippen LogP contribution is 2.63. The van der Waals surface area contributed by atoms with Gasteiger partial charge in [0.1, 0.15) is 0 Å². The molecule has 0 aromatic heterocycles. The van der Waals surface area contributed by atoms with Crippen LogP contribution in [-0.4, -0.2) is 0 Å². The van der Waals surface area contributed by atoms with E-state index in [1.54, 1.807) is 0 Å². The molecule has 1 heteroatoms. The van der Waals surface area contributed by atoms with Gasteiger partial charge < -0.3 is 0 Å². The molecule has 0 radical (unpaired) electrons. The molecule has 3 aliphatic rings. The summed E-state index contributed by atoms with van der Waals surface area (Å²) in [6, 6.07) is 32.5. The van der Waals surface area contributed by atoms with Gasteiger partial charge in [-0.05, 0) is 81.0 Å². The molecule has 0 bridgehead atoms. The lowest BCUT2D eigenvalue weighted by atomic mass is 9.70. The molecule has 0 heterocycles. The van der Waals surface area contributed by atoms with Gasteiger partial charge in [0, 0.05) is 4.47 Å². The van der Waals surface area contributed by atoms with Crippen LogP contribution >= 0.6 is 15.9 Å². The van der Waals surface area contributed by atoms with Gasteiger partial charge >= 0.3 is 0 Å². The summed E-state index contributed by atoms with van der Waals surface area (Å²) >= 11 is 3.80. The molecule has 4 aromatic rings. The van der Waals surface area contributed by atoms with Crippen LogP contribution < -0.4 is 0 Å². The Hall–Kier alpha value is -2.64. The van der Waals surface area contributed by atoms with E-state index in [4.69, 9.17) is 0 Å². The Labute approximate surface area is 198 Å². The summed E-state index contributed by atoms with van der Waals surface area (Å²) in [4.78, 5) is 0. The Balaban J connectivity index is 1.59. The minimum Gasteiger partial charge on any atom is -0.0619 e. The lowest BCUT2D eigenvalue weighted by molar-refractivity contribution is 0.443. The van der Waals surface area contributed by atoms with E-state index in [2.05, 4.69) is 101 Å². The van der Waals surface area contributed by atoms with Crippen molar-refractivity contribution in [1.82, 2.24) is 0 Å². The van der Waals surface area contributed by atoms with E-state index >= 15 is 0 Å². The Morgan fingerprint density at radius 1 is 0.562 bits per heavy atom. The van der Waals surface area contributed by atoms with Crippen LogP contribution in [0, 0.1) is 0 Å². The highest BCUT2D eigenvalue weighted by Gasteiger charge is 2.51. The van der Waals surface area contributed by atoms with Crippen molar-refractivity contribution >= 4 is 15.9 Å². The summed E-state index contributed by atoms with van der Waals surface area (Å²) in [6.45, 7) is 0. The van der Waals surface area contributed by atoms with Crippen molar-refractivity contribution in [2.75, 3.05) is 0 Å². The fourth-order valence-corrected chi connectivity index (χ4v) is 7.18. The zero-order valence-electron chi connectivity index (χ0n) is 18.1. The maximum atomic E-state index is 3.80. The highest BCUT2D eigenvalue weighted by molar-refractivity contribution is 9.10. The van der Waals surface area contributed by atoms with E-state index in [1.165, 1.54) is 82.2 Å². The molecule has 0 atom stereocenters. The van der Waals surface area contributed by atoms with Crippen molar-refractivity contribution in [3.63, 3.8) is 0 Å². The third kappa shape index (κ3) is 2.38. The van der Waals surface area contributed by atoms with Gasteiger partial charge in [-0.1, -0.05) is 108 Å². The molecular formula is C31H25Br. The lowest BCUT2D eigenvalue weighted by Crippen LogP contribution is -2.26. The van der Waals surface area contributed by atoms with Crippen molar-refractivity contribution in [2.24, 2.45) is 0 Å². The van der Waals surface area contributed by atoms with Gasteiger partial charge in [-0.25, -0.2) is 0 Å². The Morgan fingerprint density at radius 2 is 1.12 bits per heavy atom. The van der Waals surface area contributed by atoms with Crippen LogP contribution in [0.5, 0.6) is 0 Å². The van der Waals surface area contributed by atoms with E-state index < -0.39 is 0 Å².